The number of hydrazone groups is 1. The van der Waals surface area contributed by atoms with Gasteiger partial charge >= 0.3 is 0 Å². The highest BCUT2D eigenvalue weighted by Gasteiger charge is 2.22. The second-order valence-corrected chi connectivity index (χ2v) is 7.44. The van der Waals surface area contributed by atoms with Crippen molar-refractivity contribution in [1.29, 1.82) is 0 Å². The molecule has 30 heavy (non-hydrogen) atoms. The minimum absolute atomic E-state index is 0.162. The number of furan rings is 1. The average molecular weight is 422 g/mol. The molecule has 0 radical (unpaired) electrons. The quantitative estimate of drug-likeness (QED) is 0.408. The van der Waals surface area contributed by atoms with Crippen LogP contribution in [-0.2, 0) is 4.79 Å². The summed E-state index contributed by atoms with van der Waals surface area (Å²) in [7, 11) is 0. The van der Waals surface area contributed by atoms with Gasteiger partial charge in [-0.3, -0.25) is 9.59 Å². The molecule has 7 heteroatoms. The number of hydrogen-bond donors (Lipinski definition) is 2. The Morgan fingerprint density at radius 1 is 0.967 bits per heavy atom. The van der Waals surface area contributed by atoms with Crippen molar-refractivity contribution in [3.8, 4) is 0 Å². The molecule has 3 rings (SSSR count). The van der Waals surface area contributed by atoms with Crippen LogP contribution in [0, 0.1) is 0 Å². The predicted molar refractivity (Wildman–Crippen MR) is 120 cm³/mol. The van der Waals surface area contributed by atoms with Gasteiger partial charge in [-0.05, 0) is 30.6 Å². The van der Waals surface area contributed by atoms with Crippen molar-refractivity contribution >= 4 is 29.3 Å². The van der Waals surface area contributed by atoms with Crippen molar-refractivity contribution in [3.05, 3.63) is 95.9 Å². The Balaban J connectivity index is 1.79. The number of carbonyl (C=O) groups is 2. The van der Waals surface area contributed by atoms with E-state index in [9.17, 15) is 9.59 Å². The van der Waals surface area contributed by atoms with Gasteiger partial charge < -0.3 is 9.73 Å². The minimum atomic E-state index is -0.730. The zero-order chi connectivity index (χ0) is 21.2. The van der Waals surface area contributed by atoms with Crippen LogP contribution in [0.15, 0.2) is 88.6 Å². The third-order valence-electron chi connectivity index (χ3n) is 4.35. The summed E-state index contributed by atoms with van der Waals surface area (Å²) in [6, 6.07) is 21.7. The number of hydrogen-bond acceptors (Lipinski definition) is 5. The zero-order valence-electron chi connectivity index (χ0n) is 16.6. The van der Waals surface area contributed by atoms with Gasteiger partial charge in [0.15, 0.2) is 5.76 Å². The monoisotopic (exact) mass is 421 g/mol. The molecule has 0 saturated heterocycles. The van der Waals surface area contributed by atoms with Crippen LogP contribution in [0.3, 0.4) is 0 Å². The first-order valence-electron chi connectivity index (χ1n) is 9.50. The number of thioether (sulfide) groups is 1. The van der Waals surface area contributed by atoms with E-state index in [0.717, 1.165) is 11.1 Å². The van der Waals surface area contributed by atoms with Gasteiger partial charge in [0.05, 0.1) is 12.0 Å². The Bertz CT molecular complexity index is 932. The van der Waals surface area contributed by atoms with E-state index in [-0.39, 0.29) is 11.7 Å². The standard InChI is InChI=1S/C23H23N3O3S/c1-30-16-14-19(24-23(28)20-13-8-15-29-20)22(27)26-25-21(17-9-4-2-5-10-17)18-11-6-3-7-12-18/h2-13,15,19H,14,16H2,1H3,(H,24,28)(H,26,27). The Morgan fingerprint density at radius 3 is 2.13 bits per heavy atom. The lowest BCUT2D eigenvalue weighted by Gasteiger charge is -2.16. The number of nitrogens with zero attached hydrogens (tertiary/aromatic N) is 1. The number of amides is 2. The Kier molecular flexibility index (Phi) is 7.86. The summed E-state index contributed by atoms with van der Waals surface area (Å²) >= 11 is 1.60. The molecule has 1 unspecified atom stereocenters. The molecule has 1 aromatic heterocycles. The molecule has 0 bridgehead atoms. The molecule has 2 amide bonds. The Hall–Kier alpha value is -3.32. The highest BCUT2D eigenvalue weighted by Crippen LogP contribution is 2.11. The van der Waals surface area contributed by atoms with Gasteiger partial charge in [-0.2, -0.15) is 16.9 Å². The first-order valence-corrected chi connectivity index (χ1v) is 10.9. The molecule has 0 fully saturated rings. The second kappa shape index (κ2) is 11.0. The van der Waals surface area contributed by atoms with Gasteiger partial charge in [-0.1, -0.05) is 60.7 Å². The third kappa shape index (κ3) is 5.84. The van der Waals surface area contributed by atoms with Crippen molar-refractivity contribution < 1.29 is 14.0 Å². The predicted octanol–water partition coefficient (Wildman–Crippen LogP) is 3.70. The molecule has 1 heterocycles. The van der Waals surface area contributed by atoms with Gasteiger partial charge in [0, 0.05) is 11.1 Å². The van der Waals surface area contributed by atoms with E-state index in [1.54, 1.807) is 23.9 Å². The fraction of sp³-hybridized carbons (Fsp3) is 0.174. The van der Waals surface area contributed by atoms with Gasteiger partial charge in [0.2, 0.25) is 0 Å². The lowest BCUT2D eigenvalue weighted by Crippen LogP contribution is -2.46. The summed E-state index contributed by atoms with van der Waals surface area (Å²) in [5.74, 6) is 0.0596. The van der Waals surface area contributed by atoms with E-state index < -0.39 is 11.9 Å². The molecule has 6 nitrogen and oxygen atoms in total. The Labute approximate surface area is 179 Å². The van der Waals surface area contributed by atoms with Crippen molar-refractivity contribution in [3.63, 3.8) is 0 Å². The maximum Gasteiger partial charge on any atom is 0.287 e. The van der Waals surface area contributed by atoms with Gasteiger partial charge in [-0.25, -0.2) is 5.43 Å². The van der Waals surface area contributed by atoms with E-state index in [1.165, 1.54) is 6.26 Å². The van der Waals surface area contributed by atoms with Crippen molar-refractivity contribution in [2.75, 3.05) is 12.0 Å². The summed E-state index contributed by atoms with van der Waals surface area (Å²) in [5.41, 5.74) is 5.04. The summed E-state index contributed by atoms with van der Waals surface area (Å²) in [4.78, 5) is 25.2. The van der Waals surface area contributed by atoms with Crippen LogP contribution in [0.25, 0.3) is 0 Å². The van der Waals surface area contributed by atoms with Crippen molar-refractivity contribution in [2.45, 2.75) is 12.5 Å². The van der Waals surface area contributed by atoms with Gasteiger partial charge in [0.25, 0.3) is 11.8 Å². The van der Waals surface area contributed by atoms with E-state index in [4.69, 9.17) is 4.42 Å². The smallest absolute Gasteiger partial charge is 0.287 e. The molecular weight excluding hydrogens is 398 g/mol. The fourth-order valence-corrected chi connectivity index (χ4v) is 3.29. The van der Waals surface area contributed by atoms with Crippen molar-refractivity contribution in [1.82, 2.24) is 10.7 Å². The first-order chi connectivity index (χ1) is 14.7. The lowest BCUT2D eigenvalue weighted by atomic mass is 10.0. The number of nitrogens with one attached hydrogen (secondary N) is 2. The SMILES string of the molecule is CSCCC(NC(=O)c1ccco1)C(=O)NN=C(c1ccccc1)c1ccccc1. The molecule has 1 atom stereocenters. The number of benzene rings is 2. The molecule has 0 aliphatic carbocycles. The lowest BCUT2D eigenvalue weighted by molar-refractivity contribution is -0.123. The first kappa shape index (κ1) is 21.4. The van der Waals surface area contributed by atoms with Gasteiger partial charge in [-0.15, -0.1) is 0 Å². The summed E-state index contributed by atoms with van der Waals surface area (Å²) < 4.78 is 5.12. The molecule has 154 valence electrons. The molecule has 0 aliphatic rings. The third-order valence-corrected chi connectivity index (χ3v) is 4.99. The molecular formula is C23H23N3O3S. The number of rotatable bonds is 9. The molecule has 0 saturated carbocycles. The highest BCUT2D eigenvalue weighted by molar-refractivity contribution is 7.98. The second-order valence-electron chi connectivity index (χ2n) is 6.45. The van der Waals surface area contributed by atoms with E-state index in [2.05, 4.69) is 15.8 Å². The summed E-state index contributed by atoms with van der Waals surface area (Å²) in [5, 5.41) is 7.13. The van der Waals surface area contributed by atoms with Crippen LogP contribution in [-0.4, -0.2) is 35.6 Å². The normalized spacial score (nSPS) is 11.4. The van der Waals surface area contributed by atoms with Crippen LogP contribution in [0.1, 0.15) is 28.1 Å². The molecule has 2 N–H and O–H groups in total. The molecule has 3 aromatic rings. The van der Waals surface area contributed by atoms with Crippen LogP contribution in [0.5, 0.6) is 0 Å². The molecule has 0 aliphatic heterocycles. The van der Waals surface area contributed by atoms with E-state index >= 15 is 0 Å². The maximum atomic E-state index is 12.8. The van der Waals surface area contributed by atoms with Gasteiger partial charge in [0.1, 0.15) is 6.04 Å². The maximum absolute atomic E-state index is 12.8. The van der Waals surface area contributed by atoms with Crippen LogP contribution in [0.2, 0.25) is 0 Å². The highest BCUT2D eigenvalue weighted by atomic mass is 32.2. The van der Waals surface area contributed by atoms with E-state index in [1.807, 2.05) is 66.9 Å². The summed E-state index contributed by atoms with van der Waals surface area (Å²) in [6.45, 7) is 0. The van der Waals surface area contributed by atoms with E-state index in [0.29, 0.717) is 17.9 Å². The summed E-state index contributed by atoms with van der Waals surface area (Å²) in [6.07, 6.45) is 3.84. The zero-order valence-corrected chi connectivity index (χ0v) is 17.4. The Morgan fingerprint density at radius 2 is 1.60 bits per heavy atom. The molecule has 0 spiro atoms. The molecule has 2 aromatic carbocycles. The fourth-order valence-electron chi connectivity index (χ4n) is 2.82. The number of carbonyl (C=O) groups excluding carboxylic acids is 2. The average Bonchev–Trinajstić information content (AvgIpc) is 3.33. The van der Waals surface area contributed by atoms with Crippen molar-refractivity contribution in [2.24, 2.45) is 5.10 Å². The van der Waals surface area contributed by atoms with Crippen LogP contribution < -0.4 is 10.7 Å². The largest absolute Gasteiger partial charge is 0.459 e. The van der Waals surface area contributed by atoms with Crippen LogP contribution >= 0.6 is 11.8 Å². The minimum Gasteiger partial charge on any atom is -0.459 e. The topological polar surface area (TPSA) is 83.7 Å². The van der Waals surface area contributed by atoms with Crippen LogP contribution in [0.4, 0.5) is 0 Å².